The van der Waals surface area contributed by atoms with Crippen molar-refractivity contribution in [2.75, 3.05) is 13.1 Å². The second kappa shape index (κ2) is 5.14. The highest BCUT2D eigenvalue weighted by Crippen LogP contribution is 2.52. The van der Waals surface area contributed by atoms with Crippen molar-refractivity contribution < 1.29 is 14.3 Å². The third kappa shape index (κ3) is 3.28. The van der Waals surface area contributed by atoms with Crippen LogP contribution in [-0.4, -0.2) is 36.0 Å². The molecular weight excluding hydrogens is 242 g/mol. The van der Waals surface area contributed by atoms with Crippen molar-refractivity contribution in [1.82, 2.24) is 4.90 Å². The van der Waals surface area contributed by atoms with E-state index >= 15 is 0 Å². The van der Waals surface area contributed by atoms with Gasteiger partial charge in [0.15, 0.2) is 0 Å². The van der Waals surface area contributed by atoms with Crippen LogP contribution in [-0.2, 0) is 9.53 Å². The Labute approximate surface area is 115 Å². The van der Waals surface area contributed by atoms with E-state index in [2.05, 4.69) is 6.92 Å². The fraction of sp³-hybridized carbons (Fsp3) is 0.867. The SMILES string of the molecule is C[C@@H]1[C@H](C=O)[C@H]1C1CCN(C(=O)OC(C)(C)C)CC1. The van der Waals surface area contributed by atoms with Gasteiger partial charge in [-0.1, -0.05) is 6.92 Å². The molecule has 2 aliphatic rings. The molecule has 0 aromatic carbocycles. The summed E-state index contributed by atoms with van der Waals surface area (Å²) in [6.45, 7) is 9.33. The van der Waals surface area contributed by atoms with Crippen LogP contribution in [0.3, 0.4) is 0 Å². The molecule has 0 spiro atoms. The van der Waals surface area contributed by atoms with Gasteiger partial charge in [0.05, 0.1) is 0 Å². The first-order chi connectivity index (χ1) is 8.83. The van der Waals surface area contributed by atoms with Crippen molar-refractivity contribution >= 4 is 12.4 Å². The van der Waals surface area contributed by atoms with E-state index in [1.165, 1.54) is 0 Å². The Morgan fingerprint density at radius 2 is 1.84 bits per heavy atom. The Balaban J connectivity index is 1.80. The number of amides is 1. The Bertz CT molecular complexity index is 353. The molecule has 1 heterocycles. The molecule has 19 heavy (non-hydrogen) atoms. The minimum Gasteiger partial charge on any atom is -0.444 e. The van der Waals surface area contributed by atoms with Crippen LogP contribution in [0, 0.1) is 23.7 Å². The van der Waals surface area contributed by atoms with E-state index in [4.69, 9.17) is 4.74 Å². The number of hydrogen-bond donors (Lipinski definition) is 0. The molecule has 0 aromatic heterocycles. The molecule has 2 rings (SSSR count). The van der Waals surface area contributed by atoms with Crippen LogP contribution in [0.25, 0.3) is 0 Å². The van der Waals surface area contributed by atoms with E-state index in [1.807, 2.05) is 20.8 Å². The summed E-state index contributed by atoms with van der Waals surface area (Å²) in [5.41, 5.74) is -0.429. The third-order valence-electron chi connectivity index (χ3n) is 4.41. The molecule has 0 radical (unpaired) electrons. The van der Waals surface area contributed by atoms with Crippen molar-refractivity contribution in [3.63, 3.8) is 0 Å². The van der Waals surface area contributed by atoms with E-state index in [9.17, 15) is 9.59 Å². The van der Waals surface area contributed by atoms with Crippen LogP contribution in [0.15, 0.2) is 0 Å². The summed E-state index contributed by atoms with van der Waals surface area (Å²) in [4.78, 5) is 24.6. The molecule has 0 aromatic rings. The normalized spacial score (nSPS) is 32.0. The molecule has 0 N–H and O–H groups in total. The van der Waals surface area contributed by atoms with Gasteiger partial charge in [-0.25, -0.2) is 4.79 Å². The van der Waals surface area contributed by atoms with E-state index in [1.54, 1.807) is 4.90 Å². The average molecular weight is 267 g/mol. The second-order valence-corrected chi connectivity index (χ2v) is 6.95. The molecule has 1 aliphatic carbocycles. The first-order valence-corrected chi connectivity index (χ1v) is 7.26. The molecule has 0 bridgehead atoms. The van der Waals surface area contributed by atoms with Crippen LogP contribution in [0.5, 0.6) is 0 Å². The van der Waals surface area contributed by atoms with Gasteiger partial charge in [-0.2, -0.15) is 0 Å². The van der Waals surface area contributed by atoms with Gasteiger partial charge in [0.2, 0.25) is 0 Å². The molecule has 0 unspecified atom stereocenters. The monoisotopic (exact) mass is 267 g/mol. The molecule has 4 nitrogen and oxygen atoms in total. The van der Waals surface area contributed by atoms with Crippen LogP contribution in [0.1, 0.15) is 40.5 Å². The average Bonchev–Trinajstić information content (AvgIpc) is 2.98. The quantitative estimate of drug-likeness (QED) is 0.723. The summed E-state index contributed by atoms with van der Waals surface area (Å²) in [6.07, 6.45) is 2.90. The highest BCUT2D eigenvalue weighted by Gasteiger charge is 2.51. The van der Waals surface area contributed by atoms with Crippen molar-refractivity contribution in [2.24, 2.45) is 23.7 Å². The molecule has 2 fully saturated rings. The lowest BCUT2D eigenvalue weighted by Crippen LogP contribution is -2.42. The zero-order valence-corrected chi connectivity index (χ0v) is 12.4. The number of piperidine rings is 1. The van der Waals surface area contributed by atoms with Crippen LogP contribution in [0.4, 0.5) is 4.79 Å². The first kappa shape index (κ1) is 14.4. The largest absolute Gasteiger partial charge is 0.444 e. The van der Waals surface area contributed by atoms with Crippen molar-refractivity contribution in [3.8, 4) is 0 Å². The predicted octanol–water partition coefficient (Wildman–Crippen LogP) is 2.71. The minimum absolute atomic E-state index is 0.207. The van der Waals surface area contributed by atoms with Gasteiger partial charge in [0, 0.05) is 19.0 Å². The highest BCUT2D eigenvalue weighted by molar-refractivity contribution is 5.68. The van der Waals surface area contributed by atoms with Gasteiger partial charge in [0.1, 0.15) is 11.9 Å². The second-order valence-electron chi connectivity index (χ2n) is 6.95. The van der Waals surface area contributed by atoms with Gasteiger partial charge in [0.25, 0.3) is 0 Å². The summed E-state index contributed by atoms with van der Waals surface area (Å²) in [7, 11) is 0. The van der Waals surface area contributed by atoms with E-state index in [0.717, 1.165) is 32.2 Å². The van der Waals surface area contributed by atoms with Gasteiger partial charge in [-0.15, -0.1) is 0 Å². The smallest absolute Gasteiger partial charge is 0.410 e. The predicted molar refractivity (Wildman–Crippen MR) is 72.7 cm³/mol. The number of nitrogens with zero attached hydrogens (tertiary/aromatic N) is 1. The van der Waals surface area contributed by atoms with E-state index in [-0.39, 0.29) is 12.0 Å². The number of rotatable bonds is 2. The molecule has 1 saturated carbocycles. The third-order valence-corrected chi connectivity index (χ3v) is 4.41. The number of ether oxygens (including phenoxy) is 1. The molecular formula is C15H25NO3. The zero-order valence-electron chi connectivity index (χ0n) is 12.4. The lowest BCUT2D eigenvalue weighted by Gasteiger charge is -2.33. The maximum absolute atomic E-state index is 11.9. The summed E-state index contributed by atoms with van der Waals surface area (Å²) in [5.74, 6) is 1.95. The fourth-order valence-electron chi connectivity index (χ4n) is 3.28. The summed E-state index contributed by atoms with van der Waals surface area (Å²) in [6, 6.07) is 0. The molecule has 1 saturated heterocycles. The standard InChI is InChI=1S/C15H25NO3/c1-10-12(9-17)13(10)11-5-7-16(8-6-11)14(18)19-15(2,3)4/h9-13H,5-8H2,1-4H3/t10-,12+,13-/m1/s1. The number of likely N-dealkylation sites (tertiary alicyclic amines) is 1. The molecule has 3 atom stereocenters. The number of hydrogen-bond acceptors (Lipinski definition) is 3. The molecule has 1 amide bonds. The van der Waals surface area contributed by atoms with Crippen molar-refractivity contribution in [2.45, 2.75) is 46.1 Å². The minimum atomic E-state index is -0.429. The summed E-state index contributed by atoms with van der Waals surface area (Å²) >= 11 is 0. The van der Waals surface area contributed by atoms with Crippen LogP contribution < -0.4 is 0 Å². The van der Waals surface area contributed by atoms with E-state index in [0.29, 0.717) is 17.8 Å². The zero-order chi connectivity index (χ0) is 14.2. The topological polar surface area (TPSA) is 46.6 Å². The summed E-state index contributed by atoms with van der Waals surface area (Å²) in [5, 5.41) is 0. The maximum Gasteiger partial charge on any atom is 0.410 e. The molecule has 4 heteroatoms. The summed E-state index contributed by atoms with van der Waals surface area (Å²) < 4.78 is 5.38. The Kier molecular flexibility index (Phi) is 3.88. The van der Waals surface area contributed by atoms with Crippen LogP contribution in [0.2, 0.25) is 0 Å². The van der Waals surface area contributed by atoms with Gasteiger partial charge in [-0.05, 0) is 51.4 Å². The van der Waals surface area contributed by atoms with Gasteiger partial charge < -0.3 is 14.4 Å². The molecule has 108 valence electrons. The van der Waals surface area contributed by atoms with Crippen LogP contribution >= 0.6 is 0 Å². The maximum atomic E-state index is 11.9. The van der Waals surface area contributed by atoms with Gasteiger partial charge >= 0.3 is 6.09 Å². The van der Waals surface area contributed by atoms with Crippen molar-refractivity contribution in [1.29, 1.82) is 0 Å². The lowest BCUT2D eigenvalue weighted by atomic mass is 9.90. The number of aldehydes is 1. The Hall–Kier alpha value is -1.06. The highest BCUT2D eigenvalue weighted by atomic mass is 16.6. The Morgan fingerprint density at radius 1 is 1.26 bits per heavy atom. The first-order valence-electron chi connectivity index (χ1n) is 7.26. The van der Waals surface area contributed by atoms with E-state index < -0.39 is 5.60 Å². The van der Waals surface area contributed by atoms with Gasteiger partial charge in [-0.3, -0.25) is 0 Å². The number of carbonyl (C=O) groups is 2. The number of carbonyl (C=O) groups excluding carboxylic acids is 2. The molecule has 1 aliphatic heterocycles. The van der Waals surface area contributed by atoms with Crippen molar-refractivity contribution in [3.05, 3.63) is 0 Å². The lowest BCUT2D eigenvalue weighted by molar-refractivity contribution is -0.109. The Morgan fingerprint density at radius 3 is 2.26 bits per heavy atom. The fourth-order valence-corrected chi connectivity index (χ4v) is 3.28.